The molecule has 0 spiro atoms. The highest BCUT2D eigenvalue weighted by Crippen LogP contribution is 2.39. The molecule has 0 aromatic heterocycles. The van der Waals surface area contributed by atoms with Gasteiger partial charge in [-0.15, -0.1) is 11.8 Å². The third-order valence-electron chi connectivity index (χ3n) is 1.71. The molecule has 92 valence electrons. The van der Waals surface area contributed by atoms with Crippen LogP contribution in [0.3, 0.4) is 0 Å². The van der Waals surface area contributed by atoms with E-state index in [0.717, 1.165) is 0 Å². The van der Waals surface area contributed by atoms with E-state index in [1.54, 1.807) is 6.92 Å². The lowest BCUT2D eigenvalue weighted by Crippen LogP contribution is -2.10. The predicted molar refractivity (Wildman–Crippen MR) is 60.7 cm³/mol. The van der Waals surface area contributed by atoms with Crippen LogP contribution in [0.25, 0.3) is 0 Å². The van der Waals surface area contributed by atoms with Crippen LogP contribution >= 0.6 is 23.4 Å². The summed E-state index contributed by atoms with van der Waals surface area (Å²) >= 11 is 6.32. The molecule has 1 aromatic rings. The smallest absolute Gasteiger partial charge is 0.211 e. The van der Waals surface area contributed by atoms with Crippen molar-refractivity contribution < 1.29 is 18.0 Å². The first-order valence-electron chi connectivity index (χ1n) is 4.41. The number of hydrogen-bond acceptors (Lipinski definition) is 3. The monoisotopic (exact) mass is 281 g/mol. The van der Waals surface area contributed by atoms with Gasteiger partial charge in [-0.3, -0.25) is 0 Å². The average molecular weight is 282 g/mol. The van der Waals surface area contributed by atoms with E-state index in [1.807, 2.05) is 0 Å². The molecule has 2 nitrogen and oxygen atoms in total. The molecule has 0 amide bonds. The maximum Gasteiger partial charge on any atom is 0.398 e. The molecular formula is C10H7ClF3NOS. The summed E-state index contributed by atoms with van der Waals surface area (Å²) in [5, 5.41) is 0.147. The van der Waals surface area contributed by atoms with Crippen molar-refractivity contribution in [3.8, 4) is 0 Å². The van der Waals surface area contributed by atoms with Gasteiger partial charge in [-0.1, -0.05) is 11.6 Å². The van der Waals surface area contributed by atoms with E-state index in [2.05, 4.69) is 4.99 Å². The quantitative estimate of drug-likeness (QED) is 0.470. The van der Waals surface area contributed by atoms with Crippen molar-refractivity contribution in [2.45, 2.75) is 18.0 Å². The molecule has 1 rings (SSSR count). The highest BCUT2D eigenvalue weighted by Gasteiger charge is 2.28. The van der Waals surface area contributed by atoms with Gasteiger partial charge < -0.3 is 0 Å². The number of benzene rings is 1. The molecule has 0 radical (unpaired) electrons. The number of rotatable bonds is 3. The molecule has 0 atom stereocenters. The summed E-state index contributed by atoms with van der Waals surface area (Å²) in [5.41, 5.74) is 0.819. The van der Waals surface area contributed by atoms with Gasteiger partial charge in [-0.25, -0.2) is 4.79 Å². The molecule has 0 saturated heterocycles. The molecule has 0 saturated carbocycles. The minimum absolute atomic E-state index is 0.110. The molecule has 0 heterocycles. The second-order valence-electron chi connectivity index (χ2n) is 3.20. The lowest BCUT2D eigenvalue weighted by Gasteiger charge is -2.10. The number of nitrogens with zero attached hydrogens (tertiary/aromatic N) is 1. The number of isocyanates is 1. The summed E-state index contributed by atoms with van der Waals surface area (Å²) in [6.07, 6.45) is -3.01. The lowest BCUT2D eigenvalue weighted by atomic mass is 10.2. The maximum absolute atomic E-state index is 12.1. The van der Waals surface area contributed by atoms with Crippen LogP contribution in [-0.2, 0) is 4.79 Å². The molecular weight excluding hydrogens is 275 g/mol. The second-order valence-corrected chi connectivity index (χ2v) is 4.59. The first-order chi connectivity index (χ1) is 7.83. The van der Waals surface area contributed by atoms with Crippen LogP contribution in [-0.4, -0.2) is 18.0 Å². The van der Waals surface area contributed by atoms with E-state index < -0.39 is 11.9 Å². The summed E-state index contributed by atoms with van der Waals surface area (Å²) in [6, 6.07) is 3.00. The van der Waals surface area contributed by atoms with Crippen LogP contribution in [0.5, 0.6) is 0 Å². The van der Waals surface area contributed by atoms with Crippen molar-refractivity contribution in [1.29, 1.82) is 0 Å². The molecule has 0 aliphatic heterocycles. The Morgan fingerprint density at radius 3 is 2.65 bits per heavy atom. The second kappa shape index (κ2) is 5.58. The number of aryl methyl sites for hydroxylation is 1. The van der Waals surface area contributed by atoms with E-state index >= 15 is 0 Å². The Hall–Kier alpha value is -0.970. The predicted octanol–water partition coefficient (Wildman–Crippen LogP) is 4.27. The normalized spacial score (nSPS) is 11.1. The fraction of sp³-hybridized carbons (Fsp3) is 0.300. The van der Waals surface area contributed by atoms with E-state index in [0.29, 0.717) is 17.3 Å². The Labute approximate surface area is 105 Å². The van der Waals surface area contributed by atoms with Crippen molar-refractivity contribution in [3.63, 3.8) is 0 Å². The molecule has 0 fully saturated rings. The Morgan fingerprint density at radius 2 is 2.12 bits per heavy atom. The summed E-state index contributed by atoms with van der Waals surface area (Å²) in [5.74, 6) is -1.09. The number of aliphatic imine (C=N–C) groups is 1. The van der Waals surface area contributed by atoms with Crippen LogP contribution in [0.4, 0.5) is 18.9 Å². The van der Waals surface area contributed by atoms with Gasteiger partial charge in [0.15, 0.2) is 0 Å². The average Bonchev–Trinajstić information content (AvgIpc) is 2.14. The van der Waals surface area contributed by atoms with Crippen LogP contribution in [0.15, 0.2) is 22.0 Å². The molecule has 17 heavy (non-hydrogen) atoms. The van der Waals surface area contributed by atoms with Gasteiger partial charge in [0.1, 0.15) is 0 Å². The number of halogens is 4. The van der Waals surface area contributed by atoms with Gasteiger partial charge >= 0.3 is 6.18 Å². The van der Waals surface area contributed by atoms with Gasteiger partial charge in [0.05, 0.1) is 21.4 Å². The topological polar surface area (TPSA) is 29.4 Å². The molecule has 0 aliphatic carbocycles. The van der Waals surface area contributed by atoms with Crippen molar-refractivity contribution in [2.24, 2.45) is 4.99 Å². The van der Waals surface area contributed by atoms with Gasteiger partial charge in [-0.05, 0) is 24.6 Å². The standard InChI is InChI=1S/C10H7ClF3NOS/c1-6-2-7(11)9(8(3-6)15-5-16)17-4-10(12,13)14/h2-3H,4H2,1H3. The Bertz CT molecular complexity index is 469. The molecule has 7 heteroatoms. The summed E-state index contributed by atoms with van der Waals surface area (Å²) in [6.45, 7) is 1.70. The highest BCUT2D eigenvalue weighted by molar-refractivity contribution is 7.99. The number of carbonyl (C=O) groups excluding carboxylic acids is 1. The summed E-state index contributed by atoms with van der Waals surface area (Å²) < 4.78 is 36.3. The van der Waals surface area contributed by atoms with Crippen LogP contribution in [0, 0.1) is 6.92 Å². The van der Waals surface area contributed by atoms with E-state index in [4.69, 9.17) is 11.6 Å². The van der Waals surface area contributed by atoms with Gasteiger partial charge in [0.25, 0.3) is 0 Å². The molecule has 0 aliphatic rings. The zero-order valence-corrected chi connectivity index (χ0v) is 10.2. The summed E-state index contributed by atoms with van der Waals surface area (Å²) in [7, 11) is 0. The van der Waals surface area contributed by atoms with E-state index in [-0.39, 0.29) is 15.6 Å². The molecule has 1 aromatic carbocycles. The SMILES string of the molecule is Cc1cc(Cl)c(SCC(F)(F)F)c(N=C=O)c1. The van der Waals surface area contributed by atoms with Crippen molar-refractivity contribution >= 4 is 35.1 Å². The minimum Gasteiger partial charge on any atom is -0.211 e. The van der Waals surface area contributed by atoms with Crippen LogP contribution in [0.1, 0.15) is 5.56 Å². The first-order valence-corrected chi connectivity index (χ1v) is 5.77. The Kier molecular flexibility index (Phi) is 4.62. The first kappa shape index (κ1) is 14.1. The van der Waals surface area contributed by atoms with Crippen LogP contribution < -0.4 is 0 Å². The third-order valence-corrected chi connectivity index (χ3v) is 3.31. The van der Waals surface area contributed by atoms with E-state index in [1.165, 1.54) is 18.2 Å². The minimum atomic E-state index is -4.30. The molecule has 0 bridgehead atoms. The van der Waals surface area contributed by atoms with Gasteiger partial charge in [0.2, 0.25) is 6.08 Å². The summed E-state index contributed by atoms with van der Waals surface area (Å²) in [4.78, 5) is 13.7. The lowest BCUT2D eigenvalue weighted by molar-refractivity contribution is -0.105. The van der Waals surface area contributed by atoms with Crippen molar-refractivity contribution in [2.75, 3.05) is 5.75 Å². The number of alkyl halides is 3. The largest absolute Gasteiger partial charge is 0.398 e. The van der Waals surface area contributed by atoms with E-state index in [9.17, 15) is 18.0 Å². The Morgan fingerprint density at radius 1 is 1.47 bits per heavy atom. The fourth-order valence-corrected chi connectivity index (χ4v) is 2.33. The van der Waals surface area contributed by atoms with Crippen molar-refractivity contribution in [1.82, 2.24) is 0 Å². The molecule has 0 unspecified atom stereocenters. The van der Waals surface area contributed by atoms with Crippen LogP contribution in [0.2, 0.25) is 5.02 Å². The van der Waals surface area contributed by atoms with Gasteiger partial charge in [0, 0.05) is 0 Å². The van der Waals surface area contributed by atoms with Gasteiger partial charge in [-0.2, -0.15) is 18.2 Å². The number of thioether (sulfide) groups is 1. The third kappa shape index (κ3) is 4.42. The van der Waals surface area contributed by atoms with Crippen molar-refractivity contribution in [3.05, 3.63) is 22.7 Å². The molecule has 0 N–H and O–H groups in total. The highest BCUT2D eigenvalue weighted by atomic mass is 35.5. The fourth-order valence-electron chi connectivity index (χ4n) is 1.14. The zero-order valence-electron chi connectivity index (χ0n) is 8.64. The number of hydrogen-bond donors (Lipinski definition) is 0. The zero-order chi connectivity index (χ0) is 13.1. The maximum atomic E-state index is 12.1. The Balaban J connectivity index is 3.08.